The minimum Gasteiger partial charge on any atom is -0.474 e. The van der Waals surface area contributed by atoms with E-state index in [1.807, 2.05) is 19.9 Å². The average Bonchev–Trinajstić information content (AvgIpc) is 3.14. The number of carbonyl (C=O) groups is 1. The summed E-state index contributed by atoms with van der Waals surface area (Å²) in [5, 5.41) is 0. The van der Waals surface area contributed by atoms with Gasteiger partial charge in [-0.05, 0) is 13.8 Å². The van der Waals surface area contributed by atoms with Crippen LogP contribution in [0.25, 0.3) is 11.2 Å². The van der Waals surface area contributed by atoms with E-state index >= 15 is 0 Å². The van der Waals surface area contributed by atoms with Gasteiger partial charge in [-0.2, -0.15) is 4.98 Å². The summed E-state index contributed by atoms with van der Waals surface area (Å²) in [5.74, 6) is 1.11. The van der Waals surface area contributed by atoms with Crippen LogP contribution in [0, 0.1) is 13.8 Å². The smallest absolute Gasteiger partial charge is 0.332 e. The molecule has 11 heteroatoms. The molecule has 1 aliphatic heterocycles. The fourth-order valence-electron chi connectivity index (χ4n) is 3.90. The Morgan fingerprint density at radius 2 is 1.84 bits per heavy atom. The number of hydrogen-bond donors (Lipinski definition) is 0. The van der Waals surface area contributed by atoms with Gasteiger partial charge in [0.2, 0.25) is 11.8 Å². The zero-order valence-electron chi connectivity index (χ0n) is 18.0. The molecular weight excluding hydrogens is 402 g/mol. The van der Waals surface area contributed by atoms with Gasteiger partial charge in [0, 0.05) is 51.8 Å². The highest BCUT2D eigenvalue weighted by Crippen LogP contribution is 2.18. The third kappa shape index (κ3) is 3.94. The van der Waals surface area contributed by atoms with E-state index in [0.29, 0.717) is 37.6 Å². The van der Waals surface area contributed by atoms with Crippen molar-refractivity contribution in [2.24, 2.45) is 14.1 Å². The molecule has 0 N–H and O–H groups in total. The van der Waals surface area contributed by atoms with Crippen LogP contribution in [0.3, 0.4) is 0 Å². The van der Waals surface area contributed by atoms with E-state index in [1.54, 1.807) is 11.9 Å². The van der Waals surface area contributed by atoms with E-state index in [-0.39, 0.29) is 29.7 Å². The summed E-state index contributed by atoms with van der Waals surface area (Å²) < 4.78 is 9.81. The monoisotopic (exact) mass is 427 g/mol. The van der Waals surface area contributed by atoms with E-state index in [2.05, 4.69) is 15.0 Å². The van der Waals surface area contributed by atoms with Crippen LogP contribution < -0.4 is 16.0 Å². The van der Waals surface area contributed by atoms with Crippen molar-refractivity contribution in [2.45, 2.75) is 39.3 Å². The Hall–Kier alpha value is -3.50. The Balaban J connectivity index is 1.43. The van der Waals surface area contributed by atoms with Crippen LogP contribution in [0.5, 0.6) is 5.88 Å². The maximum Gasteiger partial charge on any atom is 0.332 e. The number of aryl methyl sites for hydroxylation is 3. The maximum atomic E-state index is 12.9. The molecule has 4 heterocycles. The molecule has 1 saturated heterocycles. The van der Waals surface area contributed by atoms with Crippen molar-refractivity contribution in [3.63, 3.8) is 0 Å². The van der Waals surface area contributed by atoms with Crippen LogP contribution in [-0.4, -0.2) is 58.7 Å². The topological polar surface area (TPSA) is 117 Å². The van der Waals surface area contributed by atoms with Crippen molar-refractivity contribution < 1.29 is 9.53 Å². The number of hydrogen-bond acceptors (Lipinski definition) is 7. The molecule has 1 fully saturated rings. The molecule has 164 valence electrons. The van der Waals surface area contributed by atoms with E-state index in [1.165, 1.54) is 22.5 Å². The molecule has 0 spiro atoms. The number of amides is 1. The Labute approximate surface area is 177 Å². The van der Waals surface area contributed by atoms with Crippen LogP contribution in [0.2, 0.25) is 0 Å². The molecule has 0 saturated carbocycles. The third-order valence-electron chi connectivity index (χ3n) is 5.55. The minimum atomic E-state index is -0.467. The van der Waals surface area contributed by atoms with E-state index in [0.717, 1.165) is 10.3 Å². The molecule has 0 aromatic carbocycles. The molecule has 0 atom stereocenters. The fraction of sp³-hybridized carbons (Fsp3) is 0.500. The highest BCUT2D eigenvalue weighted by atomic mass is 16.5. The summed E-state index contributed by atoms with van der Waals surface area (Å²) in [5.41, 5.74) is 0.441. The van der Waals surface area contributed by atoms with Crippen molar-refractivity contribution in [3.8, 4) is 5.88 Å². The molecule has 11 nitrogen and oxygen atoms in total. The molecule has 3 aromatic rings. The standard InChI is InChI=1S/C20H25N7O4/c1-12-9-15(23-13(2)22-12)31-14-5-7-26(8-6-14)16(28)10-27-11-21-18-17(27)19(29)25(4)20(30)24(18)3/h9,11,14H,5-8,10H2,1-4H3. The summed E-state index contributed by atoms with van der Waals surface area (Å²) in [6.07, 6.45) is 2.79. The van der Waals surface area contributed by atoms with Gasteiger partial charge in [-0.15, -0.1) is 0 Å². The highest BCUT2D eigenvalue weighted by Gasteiger charge is 2.25. The molecule has 3 aromatic heterocycles. The quantitative estimate of drug-likeness (QED) is 0.571. The number of carbonyl (C=O) groups excluding carboxylic acids is 1. The van der Waals surface area contributed by atoms with Gasteiger partial charge in [0.1, 0.15) is 18.5 Å². The number of imidazole rings is 1. The van der Waals surface area contributed by atoms with Crippen LogP contribution in [0.1, 0.15) is 24.4 Å². The summed E-state index contributed by atoms with van der Waals surface area (Å²) in [6.45, 7) is 4.81. The molecule has 0 unspecified atom stereocenters. The molecule has 0 bridgehead atoms. The summed E-state index contributed by atoms with van der Waals surface area (Å²) in [7, 11) is 2.96. The molecule has 0 aliphatic carbocycles. The first-order valence-corrected chi connectivity index (χ1v) is 10.1. The Bertz CT molecular complexity index is 1240. The largest absolute Gasteiger partial charge is 0.474 e. The minimum absolute atomic E-state index is 0.0141. The van der Waals surface area contributed by atoms with Crippen molar-refractivity contribution in [1.29, 1.82) is 0 Å². The van der Waals surface area contributed by atoms with Gasteiger partial charge >= 0.3 is 5.69 Å². The van der Waals surface area contributed by atoms with Crippen molar-refractivity contribution >= 4 is 17.1 Å². The van der Waals surface area contributed by atoms with Crippen LogP contribution in [-0.2, 0) is 25.4 Å². The van der Waals surface area contributed by atoms with Gasteiger partial charge in [-0.1, -0.05) is 0 Å². The molecule has 4 rings (SSSR count). The second kappa shape index (κ2) is 7.97. The van der Waals surface area contributed by atoms with Gasteiger partial charge in [-0.3, -0.25) is 18.7 Å². The Kier molecular flexibility index (Phi) is 5.34. The molecule has 31 heavy (non-hydrogen) atoms. The lowest BCUT2D eigenvalue weighted by Crippen LogP contribution is -2.43. The third-order valence-corrected chi connectivity index (χ3v) is 5.55. The van der Waals surface area contributed by atoms with Gasteiger partial charge in [0.05, 0.1) is 6.33 Å². The molecule has 1 aliphatic rings. The number of nitrogens with zero attached hydrogens (tertiary/aromatic N) is 7. The van der Waals surface area contributed by atoms with Gasteiger partial charge < -0.3 is 14.2 Å². The number of likely N-dealkylation sites (tertiary alicyclic amines) is 1. The van der Waals surface area contributed by atoms with Crippen molar-refractivity contribution in [3.05, 3.63) is 44.8 Å². The summed E-state index contributed by atoms with van der Waals surface area (Å²) in [4.78, 5) is 51.9. The zero-order valence-corrected chi connectivity index (χ0v) is 18.0. The molecule has 0 radical (unpaired) electrons. The second-order valence-electron chi connectivity index (χ2n) is 7.84. The predicted molar refractivity (Wildman–Crippen MR) is 112 cm³/mol. The summed E-state index contributed by atoms with van der Waals surface area (Å²) in [6, 6.07) is 1.81. The first kappa shape index (κ1) is 20.8. The number of ether oxygens (including phenoxy) is 1. The van der Waals surface area contributed by atoms with Gasteiger partial charge in [0.15, 0.2) is 11.2 Å². The lowest BCUT2D eigenvalue weighted by molar-refractivity contribution is -0.133. The normalized spacial score (nSPS) is 14.9. The van der Waals surface area contributed by atoms with Gasteiger partial charge in [-0.25, -0.2) is 14.8 Å². The van der Waals surface area contributed by atoms with E-state index in [9.17, 15) is 14.4 Å². The fourth-order valence-corrected chi connectivity index (χ4v) is 3.90. The van der Waals surface area contributed by atoms with Crippen molar-refractivity contribution in [1.82, 2.24) is 33.6 Å². The number of fused-ring (bicyclic) bond motifs is 1. The van der Waals surface area contributed by atoms with Crippen LogP contribution in [0.15, 0.2) is 22.0 Å². The lowest BCUT2D eigenvalue weighted by Gasteiger charge is -2.32. The number of aromatic nitrogens is 6. The van der Waals surface area contributed by atoms with E-state index in [4.69, 9.17) is 4.74 Å². The SMILES string of the molecule is Cc1cc(OC2CCN(C(=O)Cn3cnc4c3c(=O)n(C)c(=O)n4C)CC2)nc(C)n1. The first-order valence-electron chi connectivity index (χ1n) is 10.1. The van der Waals surface area contributed by atoms with Crippen molar-refractivity contribution in [2.75, 3.05) is 13.1 Å². The van der Waals surface area contributed by atoms with E-state index < -0.39 is 11.2 Å². The summed E-state index contributed by atoms with van der Waals surface area (Å²) >= 11 is 0. The lowest BCUT2D eigenvalue weighted by atomic mass is 10.1. The number of rotatable bonds is 4. The maximum absolute atomic E-state index is 12.9. The van der Waals surface area contributed by atoms with Gasteiger partial charge in [0.25, 0.3) is 5.56 Å². The zero-order chi connectivity index (χ0) is 22.3. The first-order chi connectivity index (χ1) is 14.7. The van der Waals surface area contributed by atoms with Crippen LogP contribution >= 0.6 is 0 Å². The Morgan fingerprint density at radius 3 is 2.52 bits per heavy atom. The predicted octanol–water partition coefficient (Wildman–Crippen LogP) is -0.0895. The van der Waals surface area contributed by atoms with Crippen LogP contribution in [0.4, 0.5) is 0 Å². The Morgan fingerprint density at radius 1 is 1.13 bits per heavy atom. The average molecular weight is 427 g/mol. The second-order valence-corrected chi connectivity index (χ2v) is 7.84. The molecule has 1 amide bonds. The highest BCUT2D eigenvalue weighted by molar-refractivity contribution is 5.79. The number of piperidine rings is 1. The molecular formula is C20H25N7O4.